The standard InChI is InChI=1S/C17H21N3/c18-16-8-4-5-9-17(16)19-15-10-11-20(13-15)12-14-6-2-1-3-7-14/h1-9,15,19H,10-13,18H2. The van der Waals surface area contributed by atoms with E-state index in [9.17, 15) is 0 Å². The highest BCUT2D eigenvalue weighted by Gasteiger charge is 2.22. The van der Waals surface area contributed by atoms with Crippen LogP contribution >= 0.6 is 0 Å². The molecule has 1 aliphatic rings. The van der Waals surface area contributed by atoms with Crippen molar-refractivity contribution in [3.05, 3.63) is 60.2 Å². The lowest BCUT2D eigenvalue weighted by molar-refractivity contribution is 0.328. The molecule has 1 aliphatic heterocycles. The van der Waals surface area contributed by atoms with Crippen LogP contribution in [-0.4, -0.2) is 24.0 Å². The summed E-state index contributed by atoms with van der Waals surface area (Å²) in [6, 6.07) is 19.1. The van der Waals surface area contributed by atoms with Gasteiger partial charge in [0, 0.05) is 25.7 Å². The first-order chi connectivity index (χ1) is 9.81. The minimum absolute atomic E-state index is 0.489. The van der Waals surface area contributed by atoms with Gasteiger partial charge in [0.2, 0.25) is 0 Å². The molecule has 0 radical (unpaired) electrons. The number of nitrogens with two attached hydrogens (primary N) is 1. The Morgan fingerprint density at radius 1 is 1.05 bits per heavy atom. The number of hydrogen-bond donors (Lipinski definition) is 2. The monoisotopic (exact) mass is 267 g/mol. The highest BCUT2D eigenvalue weighted by Crippen LogP contribution is 2.22. The zero-order valence-corrected chi connectivity index (χ0v) is 11.6. The highest BCUT2D eigenvalue weighted by atomic mass is 15.2. The number of rotatable bonds is 4. The molecule has 2 aromatic carbocycles. The van der Waals surface area contributed by atoms with Crippen LogP contribution in [0.1, 0.15) is 12.0 Å². The zero-order chi connectivity index (χ0) is 13.8. The molecule has 0 aromatic heterocycles. The number of nitrogen functional groups attached to an aromatic ring is 1. The maximum atomic E-state index is 5.98. The Morgan fingerprint density at radius 2 is 1.80 bits per heavy atom. The predicted molar refractivity (Wildman–Crippen MR) is 84.6 cm³/mol. The fourth-order valence-corrected chi connectivity index (χ4v) is 2.78. The third kappa shape index (κ3) is 3.11. The molecule has 1 heterocycles. The third-order valence-corrected chi connectivity index (χ3v) is 3.84. The summed E-state index contributed by atoms with van der Waals surface area (Å²) >= 11 is 0. The normalized spacial score (nSPS) is 19.1. The van der Waals surface area contributed by atoms with Crippen LogP contribution in [-0.2, 0) is 6.54 Å². The molecule has 3 nitrogen and oxygen atoms in total. The van der Waals surface area contributed by atoms with Gasteiger partial charge in [0.15, 0.2) is 0 Å². The Kier molecular flexibility index (Phi) is 3.88. The smallest absolute Gasteiger partial charge is 0.0576 e. The van der Waals surface area contributed by atoms with Crippen LogP contribution < -0.4 is 11.1 Å². The van der Waals surface area contributed by atoms with Crippen LogP contribution in [0, 0.1) is 0 Å². The first-order valence-corrected chi connectivity index (χ1v) is 7.18. The average Bonchev–Trinajstić information content (AvgIpc) is 2.90. The summed E-state index contributed by atoms with van der Waals surface area (Å²) in [6.07, 6.45) is 1.17. The van der Waals surface area contributed by atoms with Crippen LogP contribution in [0.25, 0.3) is 0 Å². The molecule has 0 saturated carbocycles. The quantitative estimate of drug-likeness (QED) is 0.837. The van der Waals surface area contributed by atoms with Crippen LogP contribution in [0.2, 0.25) is 0 Å². The summed E-state index contributed by atoms with van der Waals surface area (Å²) in [6.45, 7) is 3.24. The molecule has 1 fully saturated rings. The molecule has 0 spiro atoms. The number of hydrogen-bond acceptors (Lipinski definition) is 3. The van der Waals surface area contributed by atoms with Gasteiger partial charge < -0.3 is 11.1 Å². The van der Waals surface area contributed by atoms with Crippen molar-refractivity contribution in [1.82, 2.24) is 4.90 Å². The van der Waals surface area contributed by atoms with E-state index >= 15 is 0 Å². The van der Waals surface area contributed by atoms with E-state index in [-0.39, 0.29) is 0 Å². The number of benzene rings is 2. The Hall–Kier alpha value is -2.00. The lowest BCUT2D eigenvalue weighted by atomic mass is 10.2. The first kappa shape index (κ1) is 13.0. The molecule has 0 aliphatic carbocycles. The second kappa shape index (κ2) is 5.97. The van der Waals surface area contributed by atoms with E-state index in [0.29, 0.717) is 6.04 Å². The van der Waals surface area contributed by atoms with E-state index in [2.05, 4.69) is 46.6 Å². The molecule has 3 N–H and O–H groups in total. The Balaban J connectivity index is 1.56. The minimum Gasteiger partial charge on any atom is -0.397 e. The molecule has 3 heteroatoms. The van der Waals surface area contributed by atoms with Gasteiger partial charge in [-0.05, 0) is 24.1 Å². The van der Waals surface area contributed by atoms with Gasteiger partial charge in [-0.25, -0.2) is 0 Å². The van der Waals surface area contributed by atoms with E-state index in [1.165, 1.54) is 12.0 Å². The summed E-state index contributed by atoms with van der Waals surface area (Å²) in [5, 5.41) is 3.56. The predicted octanol–water partition coefficient (Wildman–Crippen LogP) is 2.96. The van der Waals surface area contributed by atoms with E-state index in [1.807, 2.05) is 18.2 Å². The summed E-state index contributed by atoms with van der Waals surface area (Å²) in [7, 11) is 0. The number of nitrogens with one attached hydrogen (secondary N) is 1. The maximum Gasteiger partial charge on any atom is 0.0576 e. The molecule has 0 amide bonds. The Morgan fingerprint density at radius 3 is 2.60 bits per heavy atom. The summed E-state index contributed by atoms with van der Waals surface area (Å²) in [5.41, 5.74) is 9.25. The van der Waals surface area contributed by atoms with Gasteiger partial charge in [-0.1, -0.05) is 42.5 Å². The van der Waals surface area contributed by atoms with Crippen LogP contribution in [0.5, 0.6) is 0 Å². The van der Waals surface area contributed by atoms with Gasteiger partial charge in [0.05, 0.1) is 11.4 Å². The van der Waals surface area contributed by atoms with Gasteiger partial charge in [-0.2, -0.15) is 0 Å². The van der Waals surface area contributed by atoms with Crippen LogP contribution in [0.3, 0.4) is 0 Å². The van der Waals surface area contributed by atoms with E-state index in [0.717, 1.165) is 31.0 Å². The molecule has 1 saturated heterocycles. The number of nitrogens with zero attached hydrogens (tertiary/aromatic N) is 1. The fourth-order valence-electron chi connectivity index (χ4n) is 2.78. The molecule has 104 valence electrons. The third-order valence-electron chi connectivity index (χ3n) is 3.84. The molecule has 0 bridgehead atoms. The lowest BCUT2D eigenvalue weighted by Gasteiger charge is -2.18. The Labute approximate surface area is 120 Å². The molecule has 3 rings (SSSR count). The van der Waals surface area contributed by atoms with Gasteiger partial charge in [0.25, 0.3) is 0 Å². The van der Waals surface area contributed by atoms with Crippen LogP contribution in [0.15, 0.2) is 54.6 Å². The van der Waals surface area contributed by atoms with Crippen molar-refractivity contribution in [3.8, 4) is 0 Å². The van der Waals surface area contributed by atoms with E-state index in [4.69, 9.17) is 5.73 Å². The largest absolute Gasteiger partial charge is 0.397 e. The summed E-state index contributed by atoms with van der Waals surface area (Å²) < 4.78 is 0. The second-order valence-corrected chi connectivity index (χ2v) is 5.44. The maximum absolute atomic E-state index is 5.98. The molecule has 20 heavy (non-hydrogen) atoms. The fraction of sp³-hybridized carbons (Fsp3) is 0.294. The van der Waals surface area contributed by atoms with Gasteiger partial charge in [-0.3, -0.25) is 4.90 Å². The van der Waals surface area contributed by atoms with Crippen molar-refractivity contribution in [2.45, 2.75) is 19.0 Å². The molecule has 2 aromatic rings. The molecular weight excluding hydrogens is 246 g/mol. The zero-order valence-electron chi connectivity index (χ0n) is 11.6. The van der Waals surface area contributed by atoms with Crippen molar-refractivity contribution in [3.63, 3.8) is 0 Å². The van der Waals surface area contributed by atoms with Crippen molar-refractivity contribution < 1.29 is 0 Å². The summed E-state index contributed by atoms with van der Waals surface area (Å²) in [5.74, 6) is 0. The number of anilines is 2. The topological polar surface area (TPSA) is 41.3 Å². The van der Waals surface area contributed by atoms with Crippen molar-refractivity contribution >= 4 is 11.4 Å². The first-order valence-electron chi connectivity index (χ1n) is 7.18. The number of likely N-dealkylation sites (tertiary alicyclic amines) is 1. The molecular formula is C17H21N3. The highest BCUT2D eigenvalue weighted by molar-refractivity contribution is 5.66. The van der Waals surface area contributed by atoms with Gasteiger partial charge in [0.1, 0.15) is 0 Å². The average molecular weight is 267 g/mol. The van der Waals surface area contributed by atoms with Crippen LogP contribution in [0.4, 0.5) is 11.4 Å². The minimum atomic E-state index is 0.489. The lowest BCUT2D eigenvalue weighted by Crippen LogP contribution is -2.26. The molecule has 1 atom stereocenters. The SMILES string of the molecule is Nc1ccccc1NC1CCN(Cc2ccccc2)C1. The van der Waals surface area contributed by atoms with Crippen molar-refractivity contribution in [2.75, 3.05) is 24.1 Å². The van der Waals surface area contributed by atoms with E-state index < -0.39 is 0 Å². The van der Waals surface area contributed by atoms with E-state index in [1.54, 1.807) is 0 Å². The van der Waals surface area contributed by atoms with Gasteiger partial charge in [-0.15, -0.1) is 0 Å². The van der Waals surface area contributed by atoms with Gasteiger partial charge >= 0.3 is 0 Å². The summed E-state index contributed by atoms with van der Waals surface area (Å²) in [4.78, 5) is 2.49. The van der Waals surface area contributed by atoms with Crippen molar-refractivity contribution in [1.29, 1.82) is 0 Å². The molecule has 1 unspecified atom stereocenters. The number of para-hydroxylation sites is 2. The Bertz CT molecular complexity index is 553. The van der Waals surface area contributed by atoms with Crippen molar-refractivity contribution in [2.24, 2.45) is 0 Å². The second-order valence-electron chi connectivity index (χ2n) is 5.44.